The topological polar surface area (TPSA) is 53.5 Å². The Morgan fingerprint density at radius 1 is 1.13 bits per heavy atom. The first kappa shape index (κ1) is 15.5. The Labute approximate surface area is 135 Å². The third kappa shape index (κ3) is 2.79. The summed E-state index contributed by atoms with van der Waals surface area (Å²) in [5.41, 5.74) is 3.65. The van der Waals surface area contributed by atoms with E-state index in [-0.39, 0.29) is 18.4 Å². The summed E-state index contributed by atoms with van der Waals surface area (Å²) in [6.07, 6.45) is 2.82. The van der Waals surface area contributed by atoms with Gasteiger partial charge < -0.3 is 9.80 Å². The maximum atomic E-state index is 13.0. The van der Waals surface area contributed by atoms with E-state index < -0.39 is 0 Å². The van der Waals surface area contributed by atoms with Gasteiger partial charge in [0.05, 0.1) is 17.6 Å². The predicted molar refractivity (Wildman–Crippen MR) is 89.4 cm³/mol. The van der Waals surface area contributed by atoms with E-state index in [2.05, 4.69) is 0 Å². The molecule has 0 saturated carbocycles. The maximum Gasteiger partial charge on any atom is 0.255 e. The number of aryl methyl sites for hydroxylation is 1. The van der Waals surface area contributed by atoms with Crippen molar-refractivity contribution in [3.8, 4) is 0 Å². The Balaban J connectivity index is 2.05. The molecule has 0 bridgehead atoms. The summed E-state index contributed by atoms with van der Waals surface area (Å²) < 4.78 is 0. The molecule has 0 saturated heterocycles. The van der Waals surface area contributed by atoms with Crippen molar-refractivity contribution in [3.63, 3.8) is 0 Å². The summed E-state index contributed by atoms with van der Waals surface area (Å²) in [6.45, 7) is 0.0806. The lowest BCUT2D eigenvalue weighted by Crippen LogP contribution is -2.38. The number of amides is 2. The van der Waals surface area contributed by atoms with E-state index in [4.69, 9.17) is 4.98 Å². The van der Waals surface area contributed by atoms with Gasteiger partial charge in [-0.25, -0.2) is 0 Å². The standard InChI is InChI=1S/C18H21N3O2/c1-20(2)16(22)11-21(3)18(23)17-12-7-4-5-9-14(12)19-15-10-6-8-13(15)17/h4-5,7,9H,6,8,10-11H2,1-3H3. The quantitative estimate of drug-likeness (QED) is 0.870. The minimum atomic E-state index is -0.100. The number of likely N-dealkylation sites (N-methyl/N-ethyl adjacent to an activating group) is 2. The van der Waals surface area contributed by atoms with Crippen LogP contribution in [0.15, 0.2) is 24.3 Å². The molecule has 2 amide bonds. The van der Waals surface area contributed by atoms with Crippen molar-refractivity contribution >= 4 is 22.7 Å². The number of fused-ring (bicyclic) bond motifs is 2. The van der Waals surface area contributed by atoms with Crippen molar-refractivity contribution in [3.05, 3.63) is 41.1 Å². The maximum absolute atomic E-state index is 13.0. The molecule has 120 valence electrons. The first-order valence-corrected chi connectivity index (χ1v) is 7.85. The van der Waals surface area contributed by atoms with Crippen molar-refractivity contribution in [2.24, 2.45) is 0 Å². The molecule has 2 aromatic rings. The molecule has 1 aromatic carbocycles. The Morgan fingerprint density at radius 2 is 1.87 bits per heavy atom. The van der Waals surface area contributed by atoms with Gasteiger partial charge in [0.15, 0.2) is 0 Å². The highest BCUT2D eigenvalue weighted by Gasteiger charge is 2.26. The fourth-order valence-electron chi connectivity index (χ4n) is 3.06. The second kappa shape index (κ2) is 5.99. The number of benzene rings is 1. The van der Waals surface area contributed by atoms with Crippen LogP contribution in [0.5, 0.6) is 0 Å². The molecule has 0 atom stereocenters. The van der Waals surface area contributed by atoms with Crippen LogP contribution in [0.1, 0.15) is 28.0 Å². The van der Waals surface area contributed by atoms with Crippen molar-refractivity contribution in [1.29, 1.82) is 0 Å². The molecular formula is C18H21N3O2. The van der Waals surface area contributed by atoms with Crippen LogP contribution in [0.4, 0.5) is 0 Å². The molecule has 1 aromatic heterocycles. The third-order valence-corrected chi connectivity index (χ3v) is 4.35. The summed E-state index contributed by atoms with van der Waals surface area (Å²) in [5.74, 6) is -0.187. The summed E-state index contributed by atoms with van der Waals surface area (Å²) >= 11 is 0. The lowest BCUT2D eigenvalue weighted by molar-refractivity contribution is -0.129. The molecule has 0 radical (unpaired) electrons. The molecule has 0 aliphatic heterocycles. The highest BCUT2D eigenvalue weighted by molar-refractivity contribution is 6.08. The highest BCUT2D eigenvalue weighted by atomic mass is 16.2. The molecule has 3 rings (SSSR count). The fraction of sp³-hybridized carbons (Fsp3) is 0.389. The summed E-state index contributed by atoms with van der Waals surface area (Å²) in [4.78, 5) is 32.6. The molecule has 1 heterocycles. The Hall–Kier alpha value is -2.43. The van der Waals surface area contributed by atoms with Gasteiger partial charge in [-0.05, 0) is 30.9 Å². The highest BCUT2D eigenvalue weighted by Crippen LogP contribution is 2.30. The number of hydrogen-bond acceptors (Lipinski definition) is 3. The smallest absolute Gasteiger partial charge is 0.255 e. The van der Waals surface area contributed by atoms with E-state index >= 15 is 0 Å². The van der Waals surface area contributed by atoms with Gasteiger partial charge in [0.25, 0.3) is 5.91 Å². The van der Waals surface area contributed by atoms with Crippen LogP contribution in [0.3, 0.4) is 0 Å². The minimum Gasteiger partial charge on any atom is -0.347 e. The van der Waals surface area contributed by atoms with Gasteiger partial charge in [0.1, 0.15) is 0 Å². The Morgan fingerprint density at radius 3 is 2.61 bits per heavy atom. The van der Waals surface area contributed by atoms with Crippen LogP contribution in [-0.2, 0) is 17.6 Å². The van der Waals surface area contributed by atoms with Crippen molar-refractivity contribution in [1.82, 2.24) is 14.8 Å². The second-order valence-corrected chi connectivity index (χ2v) is 6.23. The van der Waals surface area contributed by atoms with Crippen LogP contribution in [0.25, 0.3) is 10.9 Å². The number of rotatable bonds is 3. The molecule has 0 unspecified atom stereocenters. The SMILES string of the molecule is CN(C)C(=O)CN(C)C(=O)c1c2c(nc3ccccc13)CCC2. The number of pyridine rings is 1. The van der Waals surface area contributed by atoms with Crippen molar-refractivity contribution in [2.75, 3.05) is 27.7 Å². The predicted octanol–water partition coefficient (Wildman–Crippen LogP) is 1.88. The number of aromatic nitrogens is 1. The normalized spacial score (nSPS) is 13.0. The van der Waals surface area contributed by atoms with Crippen LogP contribution >= 0.6 is 0 Å². The first-order valence-electron chi connectivity index (χ1n) is 7.85. The lowest BCUT2D eigenvalue weighted by atomic mass is 10.00. The molecule has 1 aliphatic carbocycles. The monoisotopic (exact) mass is 311 g/mol. The number of hydrogen-bond donors (Lipinski definition) is 0. The zero-order valence-corrected chi connectivity index (χ0v) is 13.8. The van der Waals surface area contributed by atoms with E-state index in [1.807, 2.05) is 24.3 Å². The third-order valence-electron chi connectivity index (χ3n) is 4.35. The average Bonchev–Trinajstić information content (AvgIpc) is 2.99. The number of carbonyl (C=O) groups is 2. The fourth-order valence-corrected chi connectivity index (χ4v) is 3.06. The minimum absolute atomic E-state index is 0.0806. The molecule has 5 heteroatoms. The van der Waals surface area contributed by atoms with E-state index in [1.54, 1.807) is 21.1 Å². The van der Waals surface area contributed by atoms with Crippen LogP contribution in [0, 0.1) is 0 Å². The van der Waals surface area contributed by atoms with E-state index in [0.29, 0.717) is 0 Å². The summed E-state index contributed by atoms with van der Waals surface area (Å²) in [5, 5.41) is 0.877. The molecule has 1 aliphatic rings. The molecule has 5 nitrogen and oxygen atoms in total. The number of nitrogens with zero attached hydrogens (tertiary/aromatic N) is 3. The van der Waals surface area contributed by atoms with Gasteiger partial charge in [0.2, 0.25) is 5.91 Å². The van der Waals surface area contributed by atoms with Gasteiger partial charge in [-0.2, -0.15) is 0 Å². The second-order valence-electron chi connectivity index (χ2n) is 6.23. The zero-order chi connectivity index (χ0) is 16.6. The van der Waals surface area contributed by atoms with E-state index in [9.17, 15) is 9.59 Å². The number of carbonyl (C=O) groups excluding carboxylic acids is 2. The molecule has 0 spiro atoms. The van der Waals surface area contributed by atoms with Gasteiger partial charge in [0, 0.05) is 32.2 Å². The van der Waals surface area contributed by atoms with Gasteiger partial charge >= 0.3 is 0 Å². The summed E-state index contributed by atoms with van der Waals surface area (Å²) in [6, 6.07) is 7.74. The summed E-state index contributed by atoms with van der Waals surface area (Å²) in [7, 11) is 5.07. The van der Waals surface area contributed by atoms with E-state index in [0.717, 1.165) is 47.0 Å². The molecule has 0 fully saturated rings. The first-order chi connectivity index (χ1) is 11.0. The largest absolute Gasteiger partial charge is 0.347 e. The van der Waals surface area contributed by atoms with Crippen molar-refractivity contribution < 1.29 is 9.59 Å². The zero-order valence-electron chi connectivity index (χ0n) is 13.8. The Kier molecular flexibility index (Phi) is 4.03. The van der Waals surface area contributed by atoms with Gasteiger partial charge in [-0.15, -0.1) is 0 Å². The molecule has 0 N–H and O–H groups in total. The van der Waals surface area contributed by atoms with Crippen LogP contribution < -0.4 is 0 Å². The van der Waals surface area contributed by atoms with Gasteiger partial charge in [-0.3, -0.25) is 14.6 Å². The van der Waals surface area contributed by atoms with E-state index in [1.165, 1.54) is 9.80 Å². The molecular weight excluding hydrogens is 290 g/mol. The Bertz CT molecular complexity index is 783. The van der Waals surface area contributed by atoms with Gasteiger partial charge in [-0.1, -0.05) is 18.2 Å². The van der Waals surface area contributed by atoms with Crippen LogP contribution in [0.2, 0.25) is 0 Å². The molecule has 23 heavy (non-hydrogen) atoms. The number of para-hydroxylation sites is 1. The van der Waals surface area contributed by atoms with Crippen molar-refractivity contribution in [2.45, 2.75) is 19.3 Å². The lowest BCUT2D eigenvalue weighted by Gasteiger charge is -2.21. The van der Waals surface area contributed by atoms with Crippen LogP contribution in [-0.4, -0.2) is 54.3 Å². The average molecular weight is 311 g/mol.